The number of rotatable bonds is 6. The Morgan fingerprint density at radius 3 is 2.59 bits per heavy atom. The molecule has 0 atom stereocenters. The van der Waals surface area contributed by atoms with Gasteiger partial charge in [-0.2, -0.15) is 0 Å². The number of methoxy groups -OCH3 is 1. The summed E-state index contributed by atoms with van der Waals surface area (Å²) in [6, 6.07) is 5.57. The number of phenolic OH excluding ortho intramolecular Hbond substituents is 1. The maximum absolute atomic E-state index is 9.68. The zero-order valence-corrected chi connectivity index (χ0v) is 11.2. The smallest absolute Gasteiger partial charge is 0.160 e. The average molecular weight is 237 g/mol. The molecular weight excluding hydrogens is 214 g/mol. The van der Waals surface area contributed by atoms with Crippen molar-refractivity contribution in [1.29, 1.82) is 0 Å². The van der Waals surface area contributed by atoms with Crippen LogP contribution in [0.25, 0.3) is 0 Å². The first-order valence-corrected chi connectivity index (χ1v) is 6.07. The predicted molar refractivity (Wildman–Crippen MR) is 70.4 cm³/mol. The normalized spacial score (nSPS) is 11.2. The maximum Gasteiger partial charge on any atom is 0.160 e. The monoisotopic (exact) mass is 237 g/mol. The first-order valence-electron chi connectivity index (χ1n) is 6.07. The Bertz CT molecular complexity index is 350. The Morgan fingerprint density at radius 1 is 1.35 bits per heavy atom. The highest BCUT2D eigenvalue weighted by Crippen LogP contribution is 2.26. The van der Waals surface area contributed by atoms with Crippen LogP contribution >= 0.6 is 0 Å². The first kappa shape index (κ1) is 13.8. The van der Waals surface area contributed by atoms with E-state index in [1.807, 2.05) is 6.07 Å². The van der Waals surface area contributed by atoms with E-state index in [0.717, 1.165) is 24.6 Å². The predicted octanol–water partition coefficient (Wildman–Crippen LogP) is 2.88. The summed E-state index contributed by atoms with van der Waals surface area (Å²) in [7, 11) is 3.66. The van der Waals surface area contributed by atoms with Gasteiger partial charge in [-0.25, -0.2) is 0 Å². The largest absolute Gasteiger partial charge is 0.504 e. The third-order valence-electron chi connectivity index (χ3n) is 2.78. The molecule has 3 nitrogen and oxygen atoms in total. The Morgan fingerprint density at radius 2 is 2.06 bits per heavy atom. The molecule has 0 aliphatic rings. The number of ether oxygens (including phenoxy) is 1. The fraction of sp³-hybridized carbons (Fsp3) is 0.571. The quantitative estimate of drug-likeness (QED) is 0.825. The van der Waals surface area contributed by atoms with Crippen LogP contribution in [0, 0.1) is 5.92 Å². The van der Waals surface area contributed by atoms with Crippen molar-refractivity contribution >= 4 is 0 Å². The van der Waals surface area contributed by atoms with Crippen molar-refractivity contribution < 1.29 is 9.84 Å². The highest BCUT2D eigenvalue weighted by Gasteiger charge is 2.05. The second kappa shape index (κ2) is 6.50. The number of nitrogens with zero attached hydrogens (tertiary/aromatic N) is 1. The number of aromatic hydroxyl groups is 1. The van der Waals surface area contributed by atoms with Gasteiger partial charge in [-0.1, -0.05) is 19.9 Å². The van der Waals surface area contributed by atoms with Gasteiger partial charge in [0, 0.05) is 6.54 Å². The van der Waals surface area contributed by atoms with Crippen LogP contribution in [0.3, 0.4) is 0 Å². The molecule has 0 spiro atoms. The van der Waals surface area contributed by atoms with E-state index in [-0.39, 0.29) is 5.75 Å². The molecule has 96 valence electrons. The Hall–Kier alpha value is -1.22. The lowest BCUT2D eigenvalue weighted by atomic mass is 10.1. The van der Waals surface area contributed by atoms with E-state index in [9.17, 15) is 5.11 Å². The van der Waals surface area contributed by atoms with Gasteiger partial charge < -0.3 is 14.7 Å². The van der Waals surface area contributed by atoms with Gasteiger partial charge in [0.05, 0.1) is 7.11 Å². The second-order valence-corrected chi connectivity index (χ2v) is 4.93. The van der Waals surface area contributed by atoms with E-state index in [0.29, 0.717) is 5.75 Å². The van der Waals surface area contributed by atoms with Crippen LogP contribution in [0.1, 0.15) is 25.8 Å². The van der Waals surface area contributed by atoms with Gasteiger partial charge in [0.2, 0.25) is 0 Å². The molecule has 0 aliphatic carbocycles. The van der Waals surface area contributed by atoms with Crippen molar-refractivity contribution in [3.05, 3.63) is 23.8 Å². The van der Waals surface area contributed by atoms with E-state index in [2.05, 4.69) is 25.8 Å². The molecule has 17 heavy (non-hydrogen) atoms. The zero-order valence-electron chi connectivity index (χ0n) is 11.2. The molecule has 0 bridgehead atoms. The van der Waals surface area contributed by atoms with Gasteiger partial charge in [0.15, 0.2) is 11.5 Å². The van der Waals surface area contributed by atoms with E-state index >= 15 is 0 Å². The second-order valence-electron chi connectivity index (χ2n) is 4.93. The third kappa shape index (κ3) is 4.65. The Labute approximate surface area is 104 Å². The van der Waals surface area contributed by atoms with Crippen molar-refractivity contribution in [3.63, 3.8) is 0 Å². The zero-order chi connectivity index (χ0) is 12.8. The minimum Gasteiger partial charge on any atom is -0.504 e. The highest BCUT2D eigenvalue weighted by molar-refractivity contribution is 5.41. The summed E-state index contributed by atoms with van der Waals surface area (Å²) in [4.78, 5) is 2.27. The molecule has 0 radical (unpaired) electrons. The summed E-state index contributed by atoms with van der Waals surface area (Å²) in [6.07, 6.45) is 1.19. The van der Waals surface area contributed by atoms with Crippen LogP contribution in [0.2, 0.25) is 0 Å². The molecule has 0 heterocycles. The molecule has 0 saturated heterocycles. The van der Waals surface area contributed by atoms with Gasteiger partial charge in [0.1, 0.15) is 0 Å². The Kier molecular flexibility index (Phi) is 5.29. The summed E-state index contributed by atoms with van der Waals surface area (Å²) in [5.41, 5.74) is 1.11. The van der Waals surface area contributed by atoms with E-state index in [1.165, 1.54) is 6.42 Å². The molecular formula is C14H23NO2. The van der Waals surface area contributed by atoms with Crippen LogP contribution in [0.5, 0.6) is 11.5 Å². The van der Waals surface area contributed by atoms with Crippen molar-refractivity contribution in [3.8, 4) is 11.5 Å². The minimum atomic E-state index is 0.210. The topological polar surface area (TPSA) is 32.7 Å². The van der Waals surface area contributed by atoms with E-state index in [4.69, 9.17) is 4.74 Å². The summed E-state index contributed by atoms with van der Waals surface area (Å²) < 4.78 is 5.02. The number of phenols is 1. The summed E-state index contributed by atoms with van der Waals surface area (Å²) >= 11 is 0. The van der Waals surface area contributed by atoms with E-state index in [1.54, 1.807) is 19.2 Å². The van der Waals surface area contributed by atoms with Gasteiger partial charge >= 0.3 is 0 Å². The van der Waals surface area contributed by atoms with Gasteiger partial charge in [-0.3, -0.25) is 0 Å². The van der Waals surface area contributed by atoms with Crippen LogP contribution in [-0.4, -0.2) is 30.7 Å². The molecule has 0 saturated carbocycles. The molecule has 1 aromatic rings. The average Bonchev–Trinajstić information content (AvgIpc) is 2.26. The molecule has 0 aromatic heterocycles. The van der Waals surface area contributed by atoms with Crippen LogP contribution in [-0.2, 0) is 6.54 Å². The number of hydrogen-bond acceptors (Lipinski definition) is 3. The lowest BCUT2D eigenvalue weighted by Crippen LogP contribution is -2.20. The van der Waals surface area contributed by atoms with E-state index < -0.39 is 0 Å². The summed E-state index contributed by atoms with van der Waals surface area (Å²) in [5, 5.41) is 9.68. The molecule has 1 rings (SSSR count). The maximum atomic E-state index is 9.68. The highest BCUT2D eigenvalue weighted by atomic mass is 16.5. The van der Waals surface area contributed by atoms with Crippen molar-refractivity contribution in [2.45, 2.75) is 26.8 Å². The fourth-order valence-corrected chi connectivity index (χ4v) is 1.70. The SMILES string of the molecule is COc1ccc(CN(C)CCC(C)C)cc1O. The standard InChI is InChI=1S/C14H23NO2/c1-11(2)7-8-15(3)10-12-5-6-14(17-4)13(16)9-12/h5-6,9,11,16H,7-8,10H2,1-4H3. The first-order chi connectivity index (χ1) is 8.02. The Balaban J connectivity index is 2.53. The third-order valence-corrected chi connectivity index (χ3v) is 2.78. The van der Waals surface area contributed by atoms with Crippen LogP contribution in [0.15, 0.2) is 18.2 Å². The van der Waals surface area contributed by atoms with Crippen molar-refractivity contribution in [2.24, 2.45) is 5.92 Å². The van der Waals surface area contributed by atoms with Gasteiger partial charge in [-0.05, 0) is 43.6 Å². The molecule has 1 aromatic carbocycles. The summed E-state index contributed by atoms with van der Waals surface area (Å²) in [5.74, 6) is 1.46. The number of benzene rings is 1. The number of hydrogen-bond donors (Lipinski definition) is 1. The van der Waals surface area contributed by atoms with Crippen LogP contribution < -0.4 is 4.74 Å². The van der Waals surface area contributed by atoms with Crippen molar-refractivity contribution in [2.75, 3.05) is 20.7 Å². The lowest BCUT2D eigenvalue weighted by Gasteiger charge is -2.18. The summed E-state index contributed by atoms with van der Waals surface area (Å²) in [6.45, 7) is 6.38. The van der Waals surface area contributed by atoms with Crippen LogP contribution in [0.4, 0.5) is 0 Å². The fourth-order valence-electron chi connectivity index (χ4n) is 1.70. The molecule has 0 fully saturated rings. The van der Waals surface area contributed by atoms with Gasteiger partial charge in [0.25, 0.3) is 0 Å². The molecule has 1 N–H and O–H groups in total. The minimum absolute atomic E-state index is 0.210. The lowest BCUT2D eigenvalue weighted by molar-refractivity contribution is 0.302. The molecule has 0 aliphatic heterocycles. The van der Waals surface area contributed by atoms with Crippen molar-refractivity contribution in [1.82, 2.24) is 4.90 Å². The van der Waals surface area contributed by atoms with Gasteiger partial charge in [-0.15, -0.1) is 0 Å². The molecule has 0 unspecified atom stereocenters. The molecule has 0 amide bonds. The molecule has 3 heteroatoms.